The maximum atomic E-state index is 5.71. The number of nitrogens with zero attached hydrogens (tertiary/aromatic N) is 1. The molecular formula is C12H18N2O3S. The van der Waals surface area contributed by atoms with Gasteiger partial charge in [-0.05, 0) is 36.5 Å². The fraction of sp³-hybridized carbons (Fsp3) is 0.417. The van der Waals surface area contributed by atoms with Crippen molar-refractivity contribution >= 4 is 23.0 Å². The van der Waals surface area contributed by atoms with Gasteiger partial charge in [-0.2, -0.15) is 0 Å². The monoisotopic (exact) mass is 270 g/mol. The van der Waals surface area contributed by atoms with Crippen molar-refractivity contribution in [1.82, 2.24) is 0 Å². The lowest BCUT2D eigenvalue weighted by Crippen LogP contribution is -2.42. The summed E-state index contributed by atoms with van der Waals surface area (Å²) >= 11 is 5.04. The molecule has 1 rings (SSSR count). The van der Waals surface area contributed by atoms with Crippen molar-refractivity contribution in [2.24, 2.45) is 5.73 Å². The smallest absolute Gasteiger partial charge is 0.174 e. The third kappa shape index (κ3) is 3.83. The van der Waals surface area contributed by atoms with E-state index in [0.717, 1.165) is 11.4 Å². The summed E-state index contributed by atoms with van der Waals surface area (Å²) in [4.78, 5) is 1.74. The highest BCUT2D eigenvalue weighted by Crippen LogP contribution is 2.19. The van der Waals surface area contributed by atoms with E-state index in [2.05, 4.69) is 0 Å². The van der Waals surface area contributed by atoms with Crippen LogP contribution in [0, 0.1) is 0 Å². The molecule has 0 fully saturated rings. The highest BCUT2D eigenvalue weighted by molar-refractivity contribution is 7.80. The molecule has 0 amide bonds. The minimum Gasteiger partial charge on any atom is -0.497 e. The van der Waals surface area contributed by atoms with Crippen LogP contribution in [0.25, 0.3) is 0 Å². The third-order valence-electron chi connectivity index (χ3n) is 2.51. The third-order valence-corrected chi connectivity index (χ3v) is 2.73. The van der Waals surface area contributed by atoms with Gasteiger partial charge in [-0.3, -0.25) is 0 Å². The average molecular weight is 270 g/mol. The van der Waals surface area contributed by atoms with Gasteiger partial charge in [0.2, 0.25) is 0 Å². The molecule has 0 atom stereocenters. The minimum absolute atomic E-state index is 0.263. The molecule has 0 spiro atoms. The molecule has 0 unspecified atom stereocenters. The maximum Gasteiger partial charge on any atom is 0.174 e. The molecule has 2 N–H and O–H groups in total. The Balaban J connectivity index is 2.86. The zero-order valence-corrected chi connectivity index (χ0v) is 11.6. The SMILES string of the molecule is COc1ccc(N(CC(OC)OC)C(N)=S)cc1. The van der Waals surface area contributed by atoms with Crippen molar-refractivity contribution in [3.8, 4) is 5.75 Å². The molecule has 0 heterocycles. The Morgan fingerprint density at radius 3 is 2.17 bits per heavy atom. The normalized spacial score (nSPS) is 10.4. The Morgan fingerprint density at radius 1 is 1.22 bits per heavy atom. The lowest BCUT2D eigenvalue weighted by atomic mass is 10.2. The standard InChI is InChI=1S/C12H18N2O3S/c1-15-10-6-4-9(5-7-10)14(12(13)18)8-11(16-2)17-3/h4-7,11H,8H2,1-3H3,(H2,13,18). The number of hydrogen-bond acceptors (Lipinski definition) is 4. The number of benzene rings is 1. The van der Waals surface area contributed by atoms with Crippen LogP contribution in [0.3, 0.4) is 0 Å². The van der Waals surface area contributed by atoms with Crippen molar-refractivity contribution in [2.45, 2.75) is 6.29 Å². The van der Waals surface area contributed by atoms with Crippen molar-refractivity contribution < 1.29 is 14.2 Å². The quantitative estimate of drug-likeness (QED) is 0.622. The first-order valence-electron chi connectivity index (χ1n) is 5.39. The molecule has 0 aromatic heterocycles. The molecule has 18 heavy (non-hydrogen) atoms. The summed E-state index contributed by atoms with van der Waals surface area (Å²) in [6.07, 6.45) is -0.395. The Kier molecular flexibility index (Phi) is 5.84. The van der Waals surface area contributed by atoms with E-state index in [9.17, 15) is 0 Å². The zero-order valence-electron chi connectivity index (χ0n) is 10.8. The lowest BCUT2D eigenvalue weighted by molar-refractivity contribution is -0.0935. The molecule has 100 valence electrons. The highest BCUT2D eigenvalue weighted by Gasteiger charge is 2.15. The second kappa shape index (κ2) is 7.15. The predicted octanol–water partition coefficient (Wildman–Crippen LogP) is 1.36. The molecule has 0 radical (unpaired) electrons. The van der Waals surface area contributed by atoms with Crippen LogP contribution in [0.2, 0.25) is 0 Å². The largest absolute Gasteiger partial charge is 0.497 e. The van der Waals surface area contributed by atoms with Gasteiger partial charge in [0.25, 0.3) is 0 Å². The van der Waals surface area contributed by atoms with Gasteiger partial charge in [-0.15, -0.1) is 0 Å². The summed E-state index contributed by atoms with van der Waals surface area (Å²) in [5, 5.41) is 0.263. The summed E-state index contributed by atoms with van der Waals surface area (Å²) < 4.78 is 15.4. The number of rotatable bonds is 6. The second-order valence-electron chi connectivity index (χ2n) is 3.55. The molecule has 0 aliphatic rings. The van der Waals surface area contributed by atoms with E-state index < -0.39 is 6.29 Å². The first-order valence-corrected chi connectivity index (χ1v) is 5.79. The van der Waals surface area contributed by atoms with Gasteiger partial charge < -0.3 is 24.8 Å². The Hall–Kier alpha value is -1.37. The summed E-state index contributed by atoms with van der Waals surface area (Å²) in [6.45, 7) is 0.425. The number of ether oxygens (including phenoxy) is 3. The molecule has 0 saturated heterocycles. The molecular weight excluding hydrogens is 252 g/mol. The van der Waals surface area contributed by atoms with Gasteiger partial charge in [0.1, 0.15) is 5.75 Å². The summed E-state index contributed by atoms with van der Waals surface area (Å²) in [6, 6.07) is 7.44. The van der Waals surface area contributed by atoms with Crippen molar-refractivity contribution in [2.75, 3.05) is 32.8 Å². The van der Waals surface area contributed by atoms with Gasteiger partial charge in [0.05, 0.1) is 13.7 Å². The van der Waals surface area contributed by atoms with Crippen molar-refractivity contribution in [3.05, 3.63) is 24.3 Å². The molecule has 1 aromatic rings. The molecule has 0 saturated carbocycles. The molecule has 5 nitrogen and oxygen atoms in total. The van der Waals surface area contributed by atoms with Gasteiger partial charge in [-0.25, -0.2) is 0 Å². The molecule has 1 aromatic carbocycles. The minimum atomic E-state index is -0.395. The van der Waals surface area contributed by atoms with Crippen LogP contribution >= 0.6 is 12.2 Å². The summed E-state index contributed by atoms with van der Waals surface area (Å²) in [7, 11) is 4.76. The Labute approximate surface area is 112 Å². The van der Waals surface area contributed by atoms with Crippen LogP contribution in [-0.2, 0) is 9.47 Å². The van der Waals surface area contributed by atoms with Crippen LogP contribution in [0.15, 0.2) is 24.3 Å². The molecule has 6 heteroatoms. The highest BCUT2D eigenvalue weighted by atomic mass is 32.1. The van der Waals surface area contributed by atoms with E-state index in [-0.39, 0.29) is 5.11 Å². The van der Waals surface area contributed by atoms with Gasteiger partial charge in [-0.1, -0.05) is 0 Å². The number of nitrogens with two attached hydrogens (primary N) is 1. The van der Waals surface area contributed by atoms with Gasteiger partial charge in [0, 0.05) is 19.9 Å². The van der Waals surface area contributed by atoms with E-state index in [0.29, 0.717) is 6.54 Å². The van der Waals surface area contributed by atoms with Crippen LogP contribution in [0.4, 0.5) is 5.69 Å². The predicted molar refractivity (Wildman–Crippen MR) is 74.9 cm³/mol. The van der Waals surface area contributed by atoms with Crippen molar-refractivity contribution in [1.29, 1.82) is 0 Å². The van der Waals surface area contributed by atoms with E-state index in [4.69, 9.17) is 32.2 Å². The number of thiocarbonyl (C=S) groups is 1. The number of hydrogen-bond donors (Lipinski definition) is 1. The van der Waals surface area contributed by atoms with Crippen LogP contribution in [0.5, 0.6) is 5.75 Å². The number of anilines is 1. The van der Waals surface area contributed by atoms with Crippen LogP contribution < -0.4 is 15.4 Å². The first-order chi connectivity index (χ1) is 8.62. The topological polar surface area (TPSA) is 57.0 Å². The molecule has 0 aliphatic carbocycles. The van der Waals surface area contributed by atoms with Crippen molar-refractivity contribution in [3.63, 3.8) is 0 Å². The zero-order chi connectivity index (χ0) is 13.5. The second-order valence-corrected chi connectivity index (χ2v) is 3.97. The van der Waals surface area contributed by atoms with Crippen LogP contribution in [-0.4, -0.2) is 39.3 Å². The maximum absolute atomic E-state index is 5.71. The van der Waals surface area contributed by atoms with E-state index in [1.54, 1.807) is 26.2 Å². The summed E-state index contributed by atoms with van der Waals surface area (Å²) in [5.74, 6) is 0.775. The average Bonchev–Trinajstić information content (AvgIpc) is 2.40. The fourth-order valence-corrected chi connectivity index (χ4v) is 1.66. The Morgan fingerprint density at radius 2 is 1.78 bits per heavy atom. The Bertz CT molecular complexity index is 379. The van der Waals surface area contributed by atoms with E-state index in [1.165, 1.54) is 0 Å². The van der Waals surface area contributed by atoms with E-state index in [1.807, 2.05) is 24.3 Å². The molecule has 0 aliphatic heterocycles. The summed E-state index contributed by atoms with van der Waals surface area (Å²) in [5.41, 5.74) is 6.58. The van der Waals surface area contributed by atoms with Gasteiger partial charge in [0.15, 0.2) is 11.4 Å². The molecule has 0 bridgehead atoms. The fourth-order valence-electron chi connectivity index (χ4n) is 1.48. The van der Waals surface area contributed by atoms with Gasteiger partial charge >= 0.3 is 0 Å². The van der Waals surface area contributed by atoms with E-state index >= 15 is 0 Å². The first kappa shape index (κ1) is 14.7. The lowest BCUT2D eigenvalue weighted by Gasteiger charge is -2.26. The number of methoxy groups -OCH3 is 3. The van der Waals surface area contributed by atoms with Crippen LogP contribution in [0.1, 0.15) is 0 Å².